The Balaban J connectivity index is 1.86. The normalized spacial score (nSPS) is 30.0. The Kier molecular flexibility index (Phi) is 3.13. The fourth-order valence-electron chi connectivity index (χ4n) is 2.94. The van der Waals surface area contributed by atoms with Gasteiger partial charge >= 0.3 is 0 Å². The Morgan fingerprint density at radius 3 is 2.43 bits per heavy atom. The Bertz CT molecular complexity index is 179. The lowest BCUT2D eigenvalue weighted by Crippen LogP contribution is -2.50. The zero-order valence-corrected chi connectivity index (χ0v) is 9.51. The van der Waals surface area contributed by atoms with Gasteiger partial charge in [-0.05, 0) is 39.0 Å². The minimum atomic E-state index is 0.314. The number of hydrogen-bond donors (Lipinski definition) is 1. The molecule has 1 saturated carbocycles. The summed E-state index contributed by atoms with van der Waals surface area (Å²) in [6, 6.07) is 0.602. The van der Waals surface area contributed by atoms with Crippen LogP contribution in [-0.4, -0.2) is 24.8 Å². The molecule has 1 saturated heterocycles. The molecule has 82 valence electrons. The maximum absolute atomic E-state index is 5.40. The van der Waals surface area contributed by atoms with Crippen molar-refractivity contribution in [3.8, 4) is 0 Å². The van der Waals surface area contributed by atoms with E-state index < -0.39 is 0 Å². The molecule has 0 bridgehead atoms. The van der Waals surface area contributed by atoms with Crippen molar-refractivity contribution in [2.75, 3.05) is 13.2 Å². The maximum Gasteiger partial charge on any atom is 0.0620 e. The van der Waals surface area contributed by atoms with Gasteiger partial charge in [0.1, 0.15) is 0 Å². The van der Waals surface area contributed by atoms with E-state index in [2.05, 4.69) is 19.2 Å². The third-order valence-corrected chi connectivity index (χ3v) is 3.88. The molecule has 2 aliphatic rings. The van der Waals surface area contributed by atoms with E-state index in [1.54, 1.807) is 0 Å². The maximum atomic E-state index is 5.40. The van der Waals surface area contributed by atoms with Gasteiger partial charge in [0.2, 0.25) is 0 Å². The Morgan fingerprint density at radius 1 is 1.14 bits per heavy atom. The highest BCUT2D eigenvalue weighted by Gasteiger charge is 2.34. The smallest absolute Gasteiger partial charge is 0.0620 e. The van der Waals surface area contributed by atoms with Crippen molar-refractivity contribution in [3.63, 3.8) is 0 Å². The molecular formula is C12H23NO. The number of nitrogens with one attached hydrogen (secondary N) is 1. The zero-order valence-electron chi connectivity index (χ0n) is 9.51. The minimum absolute atomic E-state index is 0.314. The van der Waals surface area contributed by atoms with Crippen LogP contribution in [0.3, 0.4) is 0 Å². The summed E-state index contributed by atoms with van der Waals surface area (Å²) in [5.41, 5.74) is 0.314. The van der Waals surface area contributed by atoms with Crippen molar-refractivity contribution in [3.05, 3.63) is 0 Å². The van der Waals surface area contributed by atoms with E-state index in [1.165, 1.54) is 32.1 Å². The molecule has 2 rings (SSSR count). The number of ether oxygens (including phenoxy) is 1. The van der Waals surface area contributed by atoms with Gasteiger partial charge in [-0.25, -0.2) is 0 Å². The minimum Gasteiger partial charge on any atom is -0.380 e. The lowest BCUT2D eigenvalue weighted by atomic mass is 9.85. The molecule has 0 aromatic heterocycles. The third-order valence-electron chi connectivity index (χ3n) is 3.88. The van der Waals surface area contributed by atoms with Crippen LogP contribution in [0.15, 0.2) is 0 Å². The van der Waals surface area contributed by atoms with Crippen LogP contribution in [0.4, 0.5) is 0 Å². The van der Waals surface area contributed by atoms with Crippen molar-refractivity contribution >= 4 is 0 Å². The predicted molar refractivity (Wildman–Crippen MR) is 58.4 cm³/mol. The Hall–Kier alpha value is -0.0800. The fraction of sp³-hybridized carbons (Fsp3) is 1.00. The van der Waals surface area contributed by atoms with Gasteiger partial charge in [-0.2, -0.15) is 0 Å². The highest BCUT2D eigenvalue weighted by Crippen LogP contribution is 2.34. The van der Waals surface area contributed by atoms with Crippen LogP contribution < -0.4 is 5.32 Å². The van der Waals surface area contributed by atoms with E-state index in [0.717, 1.165) is 19.1 Å². The van der Waals surface area contributed by atoms with Gasteiger partial charge in [-0.3, -0.25) is 0 Å². The van der Waals surface area contributed by atoms with Crippen LogP contribution in [0.25, 0.3) is 0 Å². The average Bonchev–Trinajstić information content (AvgIpc) is 2.71. The molecule has 2 heteroatoms. The first-order chi connectivity index (χ1) is 6.68. The second-order valence-corrected chi connectivity index (χ2v) is 5.41. The standard InChI is InChI=1S/C12H23NO/c1-12(2,10-5-3-4-6-10)13-11-7-8-14-9-11/h10-11,13H,3-9H2,1-2H3. The molecule has 1 heterocycles. The molecule has 2 nitrogen and oxygen atoms in total. The molecule has 1 aliphatic carbocycles. The van der Waals surface area contributed by atoms with E-state index in [4.69, 9.17) is 4.74 Å². The second-order valence-electron chi connectivity index (χ2n) is 5.41. The van der Waals surface area contributed by atoms with Gasteiger partial charge < -0.3 is 10.1 Å². The molecule has 1 atom stereocenters. The predicted octanol–water partition coefficient (Wildman–Crippen LogP) is 2.33. The summed E-state index contributed by atoms with van der Waals surface area (Å²) >= 11 is 0. The zero-order chi connectivity index (χ0) is 10.0. The lowest BCUT2D eigenvalue weighted by Gasteiger charge is -2.35. The Labute approximate surface area is 87.4 Å². The van der Waals surface area contributed by atoms with Crippen LogP contribution >= 0.6 is 0 Å². The summed E-state index contributed by atoms with van der Waals surface area (Å²) in [6.45, 7) is 6.58. The molecule has 1 aliphatic heterocycles. The quantitative estimate of drug-likeness (QED) is 0.750. The molecular weight excluding hydrogens is 174 g/mol. The molecule has 0 radical (unpaired) electrons. The van der Waals surface area contributed by atoms with Crippen LogP contribution in [0, 0.1) is 5.92 Å². The molecule has 1 unspecified atom stereocenters. The molecule has 0 aromatic rings. The molecule has 0 amide bonds. The first-order valence-corrected chi connectivity index (χ1v) is 6.04. The largest absolute Gasteiger partial charge is 0.380 e. The summed E-state index contributed by atoms with van der Waals surface area (Å²) in [4.78, 5) is 0. The molecule has 14 heavy (non-hydrogen) atoms. The topological polar surface area (TPSA) is 21.3 Å². The van der Waals surface area contributed by atoms with E-state index in [-0.39, 0.29) is 0 Å². The van der Waals surface area contributed by atoms with Gasteiger partial charge in [-0.15, -0.1) is 0 Å². The Morgan fingerprint density at radius 2 is 1.86 bits per heavy atom. The molecule has 1 N–H and O–H groups in total. The average molecular weight is 197 g/mol. The van der Waals surface area contributed by atoms with E-state index in [1.807, 2.05) is 0 Å². The van der Waals surface area contributed by atoms with Crippen LogP contribution in [-0.2, 0) is 4.74 Å². The summed E-state index contributed by atoms with van der Waals surface area (Å²) in [6.07, 6.45) is 6.87. The number of hydrogen-bond acceptors (Lipinski definition) is 2. The first kappa shape index (κ1) is 10.4. The van der Waals surface area contributed by atoms with E-state index in [9.17, 15) is 0 Å². The van der Waals surface area contributed by atoms with Gasteiger partial charge in [0.05, 0.1) is 6.61 Å². The molecule has 0 aromatic carbocycles. The summed E-state index contributed by atoms with van der Waals surface area (Å²) < 4.78 is 5.40. The van der Waals surface area contributed by atoms with Crippen LogP contribution in [0.2, 0.25) is 0 Å². The van der Waals surface area contributed by atoms with Crippen molar-refractivity contribution in [1.29, 1.82) is 0 Å². The van der Waals surface area contributed by atoms with E-state index >= 15 is 0 Å². The highest BCUT2D eigenvalue weighted by molar-refractivity contribution is 4.92. The number of rotatable bonds is 3. The molecule has 0 spiro atoms. The first-order valence-electron chi connectivity index (χ1n) is 6.04. The molecule has 2 fully saturated rings. The van der Waals surface area contributed by atoms with Gasteiger partial charge in [-0.1, -0.05) is 12.8 Å². The van der Waals surface area contributed by atoms with E-state index in [0.29, 0.717) is 11.6 Å². The van der Waals surface area contributed by atoms with Gasteiger partial charge in [0, 0.05) is 18.2 Å². The summed E-state index contributed by atoms with van der Waals surface area (Å²) in [7, 11) is 0. The third kappa shape index (κ3) is 2.29. The monoisotopic (exact) mass is 197 g/mol. The highest BCUT2D eigenvalue weighted by atomic mass is 16.5. The van der Waals surface area contributed by atoms with Crippen molar-refractivity contribution in [1.82, 2.24) is 5.32 Å². The summed E-state index contributed by atoms with van der Waals surface area (Å²) in [5.74, 6) is 0.878. The van der Waals surface area contributed by atoms with Crippen LogP contribution in [0.1, 0.15) is 46.0 Å². The fourth-order valence-corrected chi connectivity index (χ4v) is 2.94. The van der Waals surface area contributed by atoms with Gasteiger partial charge in [0.25, 0.3) is 0 Å². The van der Waals surface area contributed by atoms with Crippen molar-refractivity contribution in [2.24, 2.45) is 5.92 Å². The SMILES string of the molecule is CC(C)(NC1CCOC1)C1CCCC1. The van der Waals surface area contributed by atoms with Gasteiger partial charge in [0.15, 0.2) is 0 Å². The van der Waals surface area contributed by atoms with Crippen molar-refractivity contribution < 1.29 is 4.74 Å². The van der Waals surface area contributed by atoms with Crippen LogP contribution in [0.5, 0.6) is 0 Å². The summed E-state index contributed by atoms with van der Waals surface area (Å²) in [5, 5.41) is 3.77. The van der Waals surface area contributed by atoms with Crippen molar-refractivity contribution in [2.45, 2.75) is 57.5 Å². The second kappa shape index (κ2) is 4.19. The lowest BCUT2D eigenvalue weighted by molar-refractivity contribution is 0.172.